The van der Waals surface area contributed by atoms with E-state index in [-0.39, 0.29) is 11.7 Å². The van der Waals surface area contributed by atoms with Gasteiger partial charge in [0.1, 0.15) is 5.84 Å². The van der Waals surface area contributed by atoms with Crippen molar-refractivity contribution in [1.29, 1.82) is 10.8 Å². The fourth-order valence-corrected chi connectivity index (χ4v) is 4.67. The van der Waals surface area contributed by atoms with E-state index in [4.69, 9.17) is 34.0 Å². The molecule has 0 atom stereocenters. The average molecular weight is 458 g/mol. The van der Waals surface area contributed by atoms with Crippen LogP contribution >= 0.6 is 35.0 Å². The number of hydrogen-bond acceptors (Lipinski definition) is 4. The highest BCUT2D eigenvalue weighted by Gasteiger charge is 2.30. The van der Waals surface area contributed by atoms with E-state index in [9.17, 15) is 0 Å². The van der Waals surface area contributed by atoms with E-state index in [1.165, 1.54) is 17.3 Å². The number of rotatable bonds is 6. The third-order valence-corrected chi connectivity index (χ3v) is 6.72. The number of nitrogens with one attached hydrogen (secondary N) is 4. The summed E-state index contributed by atoms with van der Waals surface area (Å²) in [5.74, 6) is 0.431. The van der Waals surface area contributed by atoms with Crippen LogP contribution in [0.2, 0.25) is 10.0 Å². The van der Waals surface area contributed by atoms with Crippen LogP contribution in [-0.2, 0) is 6.42 Å². The van der Waals surface area contributed by atoms with Gasteiger partial charge in [0.15, 0.2) is 11.0 Å². The molecule has 0 aromatic heterocycles. The molecule has 0 fully saturated rings. The third-order valence-electron chi connectivity index (χ3n) is 4.96. The van der Waals surface area contributed by atoms with Crippen molar-refractivity contribution >= 4 is 57.5 Å². The van der Waals surface area contributed by atoms with Crippen molar-refractivity contribution in [2.75, 3.05) is 6.54 Å². The van der Waals surface area contributed by atoms with Gasteiger partial charge in [0.2, 0.25) is 0 Å². The highest BCUT2D eigenvalue weighted by Crippen LogP contribution is 2.38. The van der Waals surface area contributed by atoms with Crippen LogP contribution in [0, 0.1) is 10.8 Å². The minimum Gasteiger partial charge on any atom is -0.364 e. The molecule has 4 rings (SSSR count). The van der Waals surface area contributed by atoms with Crippen molar-refractivity contribution in [2.24, 2.45) is 4.99 Å². The summed E-state index contributed by atoms with van der Waals surface area (Å²) in [5, 5.41) is 24.4. The normalized spacial score (nSPS) is 17.7. The molecule has 4 N–H and O–H groups in total. The van der Waals surface area contributed by atoms with E-state index in [0.717, 1.165) is 37.8 Å². The van der Waals surface area contributed by atoms with Gasteiger partial charge >= 0.3 is 0 Å². The zero-order chi connectivity index (χ0) is 21.1. The van der Waals surface area contributed by atoms with Crippen LogP contribution in [0.15, 0.2) is 52.4 Å². The zero-order valence-electron chi connectivity index (χ0n) is 16.2. The molecule has 2 aliphatic heterocycles. The molecule has 2 aromatic rings. The highest BCUT2D eigenvalue weighted by atomic mass is 35.5. The molecule has 0 amide bonds. The molecule has 2 aromatic carbocycles. The minimum atomic E-state index is 0.181. The molecule has 0 saturated heterocycles. The number of fused-ring (bicyclic) bond motifs is 1. The van der Waals surface area contributed by atoms with Crippen molar-refractivity contribution in [1.82, 2.24) is 10.6 Å². The fourth-order valence-electron chi connectivity index (χ4n) is 3.44. The van der Waals surface area contributed by atoms with Crippen LogP contribution in [0.25, 0.3) is 5.70 Å². The number of halogens is 2. The van der Waals surface area contributed by atoms with E-state index in [2.05, 4.69) is 39.9 Å². The molecule has 8 heteroatoms. The second kappa shape index (κ2) is 9.25. The Bertz CT molecular complexity index is 1060. The molecule has 30 heavy (non-hydrogen) atoms. The fraction of sp³-hybridized carbons (Fsp3) is 0.227. The van der Waals surface area contributed by atoms with Gasteiger partial charge in [0.25, 0.3) is 0 Å². The summed E-state index contributed by atoms with van der Waals surface area (Å²) in [6.45, 7) is 0.817. The molecule has 0 saturated carbocycles. The SMILES string of the molecule is N=C1N=C(NCCCCCc2ccccc2)SC1=C1NC(=N)c2cc(Cl)c(Cl)cc21. The largest absolute Gasteiger partial charge is 0.364 e. The zero-order valence-corrected chi connectivity index (χ0v) is 18.5. The molecule has 0 spiro atoms. The van der Waals surface area contributed by atoms with E-state index in [0.29, 0.717) is 31.4 Å². The molecule has 2 aliphatic rings. The van der Waals surface area contributed by atoms with E-state index < -0.39 is 0 Å². The average Bonchev–Trinajstić information content (AvgIpc) is 3.25. The van der Waals surface area contributed by atoms with Gasteiger partial charge in [0, 0.05) is 17.7 Å². The molecule has 0 bridgehead atoms. The van der Waals surface area contributed by atoms with Crippen LogP contribution in [0.5, 0.6) is 0 Å². The molecule has 0 unspecified atom stereocenters. The van der Waals surface area contributed by atoms with Crippen LogP contribution < -0.4 is 10.6 Å². The lowest BCUT2D eigenvalue weighted by Crippen LogP contribution is -2.20. The number of nitrogens with zero attached hydrogens (tertiary/aromatic N) is 1. The third kappa shape index (κ3) is 4.56. The van der Waals surface area contributed by atoms with Gasteiger partial charge in [-0.1, -0.05) is 60.0 Å². The Morgan fingerprint density at radius 2 is 1.70 bits per heavy atom. The van der Waals surface area contributed by atoms with Crippen molar-refractivity contribution in [2.45, 2.75) is 25.7 Å². The van der Waals surface area contributed by atoms with Gasteiger partial charge in [-0.3, -0.25) is 10.8 Å². The first-order chi connectivity index (χ1) is 14.5. The van der Waals surface area contributed by atoms with E-state index in [1.54, 1.807) is 12.1 Å². The van der Waals surface area contributed by atoms with Gasteiger partial charge in [-0.05, 0) is 48.7 Å². The maximum absolute atomic E-state index is 8.27. The molecule has 0 radical (unpaired) electrons. The van der Waals surface area contributed by atoms with Crippen molar-refractivity contribution < 1.29 is 0 Å². The van der Waals surface area contributed by atoms with Gasteiger partial charge in [-0.15, -0.1) is 0 Å². The molecular weight excluding hydrogens is 437 g/mol. The highest BCUT2D eigenvalue weighted by molar-refractivity contribution is 8.18. The smallest absolute Gasteiger partial charge is 0.168 e. The first kappa shape index (κ1) is 21.0. The van der Waals surface area contributed by atoms with Gasteiger partial charge in [-0.2, -0.15) is 0 Å². The number of aliphatic imine (C=N–C) groups is 1. The van der Waals surface area contributed by atoms with Gasteiger partial charge < -0.3 is 10.6 Å². The summed E-state index contributed by atoms with van der Waals surface area (Å²) in [6.07, 6.45) is 4.44. The summed E-state index contributed by atoms with van der Waals surface area (Å²) < 4.78 is 0. The standard InChI is InChI=1S/C22H21Cl2N5S/c23-16-11-14-15(12-17(16)24)20(25)28-18(14)19-21(26)29-22(30-19)27-10-6-2-5-9-13-7-3-1-4-8-13/h1,3-4,7-8,11-12H,2,5-6,9-10H2,(H2,25,28)(H2,26,27,29). The lowest BCUT2D eigenvalue weighted by molar-refractivity contribution is 0.666. The maximum atomic E-state index is 8.27. The quantitative estimate of drug-likeness (QED) is 0.421. The van der Waals surface area contributed by atoms with Crippen molar-refractivity contribution in [3.8, 4) is 0 Å². The molecule has 0 aliphatic carbocycles. The number of amidine groups is 3. The number of benzene rings is 2. The monoisotopic (exact) mass is 457 g/mol. The van der Waals surface area contributed by atoms with Gasteiger partial charge in [-0.25, -0.2) is 4.99 Å². The number of thioether (sulfide) groups is 1. The lowest BCUT2D eigenvalue weighted by atomic mass is 10.1. The molecule has 5 nitrogen and oxygen atoms in total. The predicted octanol–water partition coefficient (Wildman–Crippen LogP) is 5.67. The second-order valence-corrected chi connectivity index (χ2v) is 8.92. The second-order valence-electron chi connectivity index (χ2n) is 7.11. The number of unbranched alkanes of at least 4 members (excludes halogenated alkanes) is 2. The topological polar surface area (TPSA) is 84.1 Å². The molecular formula is C22H21Cl2N5S. The number of aryl methyl sites for hydroxylation is 1. The van der Waals surface area contributed by atoms with E-state index in [1.807, 2.05) is 6.07 Å². The predicted molar refractivity (Wildman–Crippen MR) is 128 cm³/mol. The summed E-state index contributed by atoms with van der Waals surface area (Å²) in [6, 6.07) is 13.9. The van der Waals surface area contributed by atoms with Crippen LogP contribution in [0.1, 0.15) is 36.0 Å². The Kier molecular flexibility index (Phi) is 6.46. The summed E-state index contributed by atoms with van der Waals surface area (Å²) in [7, 11) is 0. The number of hydrogen-bond donors (Lipinski definition) is 4. The first-order valence-corrected chi connectivity index (χ1v) is 11.3. The maximum Gasteiger partial charge on any atom is 0.168 e. The lowest BCUT2D eigenvalue weighted by Gasteiger charge is -2.07. The first-order valence-electron chi connectivity index (χ1n) is 9.76. The van der Waals surface area contributed by atoms with Crippen LogP contribution in [0.4, 0.5) is 0 Å². The summed E-state index contributed by atoms with van der Waals surface area (Å²) in [4.78, 5) is 5.03. The van der Waals surface area contributed by atoms with Crippen LogP contribution in [0.3, 0.4) is 0 Å². The Labute approximate surface area is 190 Å². The Morgan fingerprint density at radius 1 is 0.967 bits per heavy atom. The Balaban J connectivity index is 1.32. The van der Waals surface area contributed by atoms with E-state index >= 15 is 0 Å². The Hall–Kier alpha value is -2.28. The van der Waals surface area contributed by atoms with Crippen LogP contribution in [-0.4, -0.2) is 23.4 Å². The minimum absolute atomic E-state index is 0.181. The van der Waals surface area contributed by atoms with Crippen molar-refractivity contribution in [3.05, 3.63) is 74.1 Å². The Morgan fingerprint density at radius 3 is 2.47 bits per heavy atom. The molecule has 2 heterocycles. The molecule has 154 valence electrons. The summed E-state index contributed by atoms with van der Waals surface area (Å²) in [5.41, 5.74) is 3.52. The van der Waals surface area contributed by atoms with Gasteiger partial charge in [0.05, 0.1) is 20.6 Å². The van der Waals surface area contributed by atoms with Crippen molar-refractivity contribution in [3.63, 3.8) is 0 Å². The summed E-state index contributed by atoms with van der Waals surface area (Å²) >= 11 is 13.7.